The van der Waals surface area contributed by atoms with Crippen LogP contribution >= 0.6 is 0 Å². The van der Waals surface area contributed by atoms with Crippen molar-refractivity contribution in [2.75, 3.05) is 6.61 Å². The topological polar surface area (TPSA) is 68.1 Å². The zero-order valence-corrected chi connectivity index (χ0v) is 9.19. The number of pyridine rings is 1. The fourth-order valence-electron chi connectivity index (χ4n) is 1.87. The Morgan fingerprint density at radius 3 is 3.06 bits per heavy atom. The summed E-state index contributed by atoms with van der Waals surface area (Å²) in [5.41, 5.74) is 1.03. The van der Waals surface area contributed by atoms with Crippen LogP contribution in [0.2, 0.25) is 0 Å². The molecule has 1 N–H and O–H groups in total. The van der Waals surface area contributed by atoms with Crippen molar-refractivity contribution in [1.29, 1.82) is 0 Å². The molecular weight excluding hydrogens is 220 g/mol. The molecule has 3 rings (SSSR count). The smallest absolute Gasteiger partial charge is 0.324 e. The SMILES string of the molecule is CCOc1onc2c1c(=O)[nH]c1ccccc12. The summed E-state index contributed by atoms with van der Waals surface area (Å²) in [6, 6.07) is 7.44. The van der Waals surface area contributed by atoms with Crippen molar-refractivity contribution < 1.29 is 9.26 Å². The van der Waals surface area contributed by atoms with Crippen molar-refractivity contribution >= 4 is 21.8 Å². The van der Waals surface area contributed by atoms with Gasteiger partial charge in [0.25, 0.3) is 5.56 Å². The molecule has 0 saturated carbocycles. The summed E-state index contributed by atoms with van der Waals surface area (Å²) in [5.74, 6) is 0.175. The molecule has 0 aliphatic carbocycles. The molecule has 2 aromatic heterocycles. The Kier molecular flexibility index (Phi) is 2.11. The number of hydrogen-bond acceptors (Lipinski definition) is 4. The first-order chi connectivity index (χ1) is 8.31. The Morgan fingerprint density at radius 1 is 1.41 bits per heavy atom. The summed E-state index contributed by atoms with van der Waals surface area (Å²) >= 11 is 0. The number of benzene rings is 1. The first kappa shape index (κ1) is 9.89. The molecule has 0 atom stereocenters. The van der Waals surface area contributed by atoms with Crippen LogP contribution in [0.4, 0.5) is 0 Å². The highest BCUT2D eigenvalue weighted by Gasteiger charge is 2.16. The van der Waals surface area contributed by atoms with E-state index in [2.05, 4.69) is 10.1 Å². The Labute approximate surface area is 96.0 Å². The summed E-state index contributed by atoms with van der Waals surface area (Å²) in [4.78, 5) is 14.7. The van der Waals surface area contributed by atoms with Gasteiger partial charge in [-0.2, -0.15) is 0 Å². The number of aromatic amines is 1. The van der Waals surface area contributed by atoms with Crippen molar-refractivity contribution in [2.24, 2.45) is 0 Å². The van der Waals surface area contributed by atoms with Gasteiger partial charge in [-0.15, -0.1) is 0 Å². The maximum atomic E-state index is 11.9. The quantitative estimate of drug-likeness (QED) is 0.731. The highest BCUT2D eigenvalue weighted by atomic mass is 16.6. The van der Waals surface area contributed by atoms with Gasteiger partial charge in [0.05, 0.1) is 12.1 Å². The van der Waals surface area contributed by atoms with E-state index >= 15 is 0 Å². The minimum Gasteiger partial charge on any atom is -0.463 e. The second-order valence-corrected chi connectivity index (χ2v) is 3.63. The Balaban J connectivity index is 2.47. The van der Waals surface area contributed by atoms with E-state index in [-0.39, 0.29) is 11.5 Å². The van der Waals surface area contributed by atoms with Gasteiger partial charge in [0, 0.05) is 5.39 Å². The molecule has 3 aromatic rings. The molecule has 0 aliphatic heterocycles. The number of rotatable bonds is 2. The molecule has 0 fully saturated rings. The average molecular weight is 230 g/mol. The molecule has 0 spiro atoms. The van der Waals surface area contributed by atoms with Gasteiger partial charge in [-0.3, -0.25) is 4.79 Å². The van der Waals surface area contributed by atoms with Crippen molar-refractivity contribution in [2.45, 2.75) is 6.92 Å². The van der Waals surface area contributed by atoms with Gasteiger partial charge >= 0.3 is 5.95 Å². The van der Waals surface area contributed by atoms with E-state index in [1.54, 1.807) is 0 Å². The van der Waals surface area contributed by atoms with Crippen molar-refractivity contribution in [3.8, 4) is 5.95 Å². The second-order valence-electron chi connectivity index (χ2n) is 3.63. The third-order valence-electron chi connectivity index (χ3n) is 2.59. The minimum atomic E-state index is -0.247. The molecule has 0 bridgehead atoms. The number of aromatic nitrogens is 2. The number of nitrogens with one attached hydrogen (secondary N) is 1. The van der Waals surface area contributed by atoms with Crippen LogP contribution in [0.5, 0.6) is 5.95 Å². The number of hydrogen-bond donors (Lipinski definition) is 1. The van der Waals surface area contributed by atoms with Crippen LogP contribution in [0.25, 0.3) is 21.8 Å². The van der Waals surface area contributed by atoms with Gasteiger partial charge in [-0.1, -0.05) is 23.4 Å². The molecule has 86 valence electrons. The Hall–Kier alpha value is -2.30. The van der Waals surface area contributed by atoms with E-state index in [0.717, 1.165) is 10.9 Å². The van der Waals surface area contributed by atoms with E-state index in [9.17, 15) is 4.79 Å². The van der Waals surface area contributed by atoms with Gasteiger partial charge in [-0.25, -0.2) is 0 Å². The molecule has 5 heteroatoms. The van der Waals surface area contributed by atoms with Crippen LogP contribution in [0.1, 0.15) is 6.92 Å². The van der Waals surface area contributed by atoms with E-state index in [1.807, 2.05) is 31.2 Å². The van der Waals surface area contributed by atoms with Gasteiger partial charge in [0.15, 0.2) is 5.39 Å². The number of fused-ring (bicyclic) bond motifs is 3. The Morgan fingerprint density at radius 2 is 2.24 bits per heavy atom. The molecule has 1 aromatic carbocycles. The maximum absolute atomic E-state index is 11.9. The fraction of sp³-hybridized carbons (Fsp3) is 0.167. The lowest BCUT2D eigenvalue weighted by Crippen LogP contribution is -2.06. The average Bonchev–Trinajstić information content (AvgIpc) is 2.75. The maximum Gasteiger partial charge on any atom is 0.324 e. The Bertz CT molecular complexity index is 742. The molecule has 0 radical (unpaired) electrons. The van der Waals surface area contributed by atoms with Crippen LogP contribution in [-0.4, -0.2) is 16.7 Å². The summed E-state index contributed by atoms with van der Waals surface area (Å²) in [6.07, 6.45) is 0. The largest absolute Gasteiger partial charge is 0.463 e. The zero-order valence-electron chi connectivity index (χ0n) is 9.19. The first-order valence-corrected chi connectivity index (χ1v) is 5.34. The van der Waals surface area contributed by atoms with Crippen LogP contribution in [0.3, 0.4) is 0 Å². The first-order valence-electron chi connectivity index (χ1n) is 5.34. The van der Waals surface area contributed by atoms with Crippen molar-refractivity contribution in [3.05, 3.63) is 34.6 Å². The molecule has 0 unspecified atom stereocenters. The van der Waals surface area contributed by atoms with Gasteiger partial charge in [0.1, 0.15) is 5.52 Å². The van der Waals surface area contributed by atoms with E-state index in [4.69, 9.17) is 9.26 Å². The van der Waals surface area contributed by atoms with Crippen LogP contribution in [-0.2, 0) is 0 Å². The second kappa shape index (κ2) is 3.62. The van der Waals surface area contributed by atoms with Gasteiger partial charge in [0.2, 0.25) is 0 Å². The monoisotopic (exact) mass is 230 g/mol. The summed E-state index contributed by atoms with van der Waals surface area (Å²) < 4.78 is 10.3. The number of para-hydroxylation sites is 1. The third-order valence-corrected chi connectivity index (χ3v) is 2.59. The molecule has 17 heavy (non-hydrogen) atoms. The van der Waals surface area contributed by atoms with Crippen molar-refractivity contribution in [1.82, 2.24) is 10.1 Å². The summed E-state index contributed by atoms with van der Waals surface area (Å²) in [6.45, 7) is 2.25. The minimum absolute atomic E-state index is 0.175. The lowest BCUT2D eigenvalue weighted by Gasteiger charge is -1.98. The molecule has 0 amide bonds. The fourth-order valence-corrected chi connectivity index (χ4v) is 1.87. The summed E-state index contributed by atoms with van der Waals surface area (Å²) in [5, 5.41) is 5.12. The molecule has 0 saturated heterocycles. The van der Waals surface area contributed by atoms with Gasteiger partial charge < -0.3 is 14.2 Å². The van der Waals surface area contributed by atoms with Crippen LogP contribution in [0.15, 0.2) is 33.6 Å². The zero-order chi connectivity index (χ0) is 11.8. The molecule has 2 heterocycles. The van der Waals surface area contributed by atoms with Crippen molar-refractivity contribution in [3.63, 3.8) is 0 Å². The van der Waals surface area contributed by atoms with Gasteiger partial charge in [-0.05, 0) is 13.0 Å². The number of ether oxygens (including phenoxy) is 1. The normalized spacial score (nSPS) is 11.1. The van der Waals surface area contributed by atoms with E-state index in [1.165, 1.54) is 0 Å². The third kappa shape index (κ3) is 1.39. The van der Waals surface area contributed by atoms with Crippen LogP contribution in [0, 0.1) is 0 Å². The lowest BCUT2D eigenvalue weighted by atomic mass is 10.2. The van der Waals surface area contributed by atoms with E-state index in [0.29, 0.717) is 17.5 Å². The summed E-state index contributed by atoms with van der Waals surface area (Å²) in [7, 11) is 0. The van der Waals surface area contributed by atoms with E-state index < -0.39 is 0 Å². The molecular formula is C12H10N2O3. The molecule has 5 nitrogen and oxygen atoms in total. The van der Waals surface area contributed by atoms with Crippen LogP contribution < -0.4 is 10.3 Å². The highest BCUT2D eigenvalue weighted by Crippen LogP contribution is 2.26. The number of H-pyrrole nitrogens is 1. The number of nitrogens with zero attached hydrogens (tertiary/aromatic N) is 1. The highest BCUT2D eigenvalue weighted by molar-refractivity contribution is 6.04. The lowest BCUT2D eigenvalue weighted by molar-refractivity contribution is 0.230. The molecule has 0 aliphatic rings. The standard InChI is InChI=1S/C12H10N2O3/c1-2-16-12-9-10(14-17-12)7-5-3-4-6-8(7)13-11(9)15/h3-6H,2H2,1H3,(H,13,15). The predicted octanol–water partition coefficient (Wildman–Crippen LogP) is 2.07. The predicted molar refractivity (Wildman–Crippen MR) is 63.3 cm³/mol.